The molecule has 9 atom stereocenters. The lowest BCUT2D eigenvalue weighted by Gasteiger charge is -2.59. The highest BCUT2D eigenvalue weighted by molar-refractivity contribution is 5.08. The lowest BCUT2D eigenvalue weighted by Crippen LogP contribution is -2.77. The third kappa shape index (κ3) is 2.52. The zero-order chi connectivity index (χ0) is 17.0. The summed E-state index contributed by atoms with van der Waals surface area (Å²) >= 11 is 0. The van der Waals surface area contributed by atoms with Crippen LogP contribution in [0.4, 0.5) is 0 Å². The molecule has 8 heteroatoms. The van der Waals surface area contributed by atoms with Gasteiger partial charge < -0.3 is 40.6 Å². The number of aliphatic hydroxyl groups is 3. The molecule has 23 heavy (non-hydrogen) atoms. The van der Waals surface area contributed by atoms with Crippen molar-refractivity contribution in [2.75, 3.05) is 7.05 Å². The smallest absolute Gasteiger partial charge is 0.248 e. The molecule has 0 radical (unpaired) electrons. The first kappa shape index (κ1) is 17.5. The number of likely N-dealkylation sites (N-methyl/N-ethyl adjacent to an activating group) is 1. The van der Waals surface area contributed by atoms with Gasteiger partial charge in [0.2, 0.25) is 12.1 Å². The highest BCUT2D eigenvalue weighted by atomic mass is 16.8. The molecule has 3 rings (SSSR count). The van der Waals surface area contributed by atoms with E-state index in [0.29, 0.717) is 6.42 Å². The molecule has 0 bridgehead atoms. The number of nitrogens with two attached hydrogens (primary N) is 1. The molecule has 1 saturated carbocycles. The molecule has 6 N–H and O–H groups in total. The molecule has 0 aromatic rings. The SMILES string of the molecule is CC[C@]1(O)C[C@@H](C)OC2OC3C[C@H](NC)[C@H](O)[C@H](N)C3O[C@]21O. The van der Waals surface area contributed by atoms with E-state index in [4.69, 9.17) is 19.9 Å². The van der Waals surface area contributed by atoms with Crippen molar-refractivity contribution in [2.45, 2.75) is 87.3 Å². The molecule has 0 aromatic carbocycles. The number of nitrogens with one attached hydrogen (secondary N) is 1. The van der Waals surface area contributed by atoms with E-state index in [1.165, 1.54) is 0 Å². The van der Waals surface area contributed by atoms with Gasteiger partial charge in [-0.2, -0.15) is 0 Å². The van der Waals surface area contributed by atoms with Crippen LogP contribution < -0.4 is 11.1 Å². The quantitative estimate of drug-likeness (QED) is 0.410. The van der Waals surface area contributed by atoms with Gasteiger partial charge in [-0.3, -0.25) is 0 Å². The van der Waals surface area contributed by atoms with Crippen molar-refractivity contribution in [2.24, 2.45) is 5.73 Å². The van der Waals surface area contributed by atoms with Gasteiger partial charge in [0.05, 0.1) is 24.4 Å². The van der Waals surface area contributed by atoms with Gasteiger partial charge in [0.25, 0.3) is 0 Å². The average Bonchev–Trinajstić information content (AvgIpc) is 2.51. The molecular formula is C15H28N2O6. The Labute approximate surface area is 135 Å². The van der Waals surface area contributed by atoms with Crippen LogP contribution in [0.2, 0.25) is 0 Å². The number of hydrogen-bond donors (Lipinski definition) is 5. The first-order chi connectivity index (χ1) is 10.8. The molecule has 2 saturated heterocycles. The number of hydrogen-bond acceptors (Lipinski definition) is 8. The first-order valence-corrected chi connectivity index (χ1v) is 8.30. The Bertz CT molecular complexity index is 454. The second-order valence-corrected chi connectivity index (χ2v) is 7.02. The van der Waals surface area contributed by atoms with Crippen LogP contribution >= 0.6 is 0 Å². The van der Waals surface area contributed by atoms with Crippen LogP contribution in [0.1, 0.15) is 33.1 Å². The minimum Gasteiger partial charge on any atom is -0.390 e. The maximum atomic E-state index is 11.0. The molecule has 1 aliphatic carbocycles. The Morgan fingerprint density at radius 2 is 2.00 bits per heavy atom. The van der Waals surface area contributed by atoms with Crippen molar-refractivity contribution >= 4 is 0 Å². The van der Waals surface area contributed by atoms with Crippen molar-refractivity contribution in [3.05, 3.63) is 0 Å². The summed E-state index contributed by atoms with van der Waals surface area (Å²) in [5.41, 5.74) is 4.61. The third-order valence-corrected chi connectivity index (χ3v) is 5.58. The lowest BCUT2D eigenvalue weighted by molar-refractivity contribution is -0.477. The van der Waals surface area contributed by atoms with Gasteiger partial charge >= 0.3 is 0 Å². The van der Waals surface area contributed by atoms with E-state index >= 15 is 0 Å². The summed E-state index contributed by atoms with van der Waals surface area (Å²) in [7, 11) is 1.75. The summed E-state index contributed by atoms with van der Waals surface area (Å²) in [5, 5.41) is 35.2. The van der Waals surface area contributed by atoms with Crippen LogP contribution in [0.3, 0.4) is 0 Å². The molecule has 134 valence electrons. The molecule has 8 nitrogen and oxygen atoms in total. The van der Waals surface area contributed by atoms with Crippen molar-refractivity contribution in [1.29, 1.82) is 0 Å². The van der Waals surface area contributed by atoms with Gasteiger partial charge in [-0.25, -0.2) is 0 Å². The zero-order valence-electron chi connectivity index (χ0n) is 13.8. The fourth-order valence-electron chi connectivity index (χ4n) is 4.06. The van der Waals surface area contributed by atoms with Gasteiger partial charge in [-0.05, 0) is 26.8 Å². The third-order valence-electron chi connectivity index (χ3n) is 5.58. The van der Waals surface area contributed by atoms with Gasteiger partial charge in [-0.15, -0.1) is 0 Å². The van der Waals surface area contributed by atoms with E-state index in [1.807, 2.05) is 6.92 Å². The minimum atomic E-state index is -2.00. The number of ether oxygens (including phenoxy) is 3. The fraction of sp³-hybridized carbons (Fsp3) is 1.00. The Balaban J connectivity index is 1.90. The van der Waals surface area contributed by atoms with E-state index in [9.17, 15) is 15.3 Å². The summed E-state index contributed by atoms with van der Waals surface area (Å²) in [4.78, 5) is 0. The molecule has 3 fully saturated rings. The standard InChI is InChI=1S/C15H28N2O6/c1-4-14(19)6-7(2)21-13-15(14,20)23-12-9(22-13)5-8(17-3)11(18)10(12)16/h7-13,17-20H,4-6,16H2,1-3H3/t7-,8+,9?,10+,11+,12?,13?,14+,15-/m1/s1. The van der Waals surface area contributed by atoms with Crippen LogP contribution in [0.5, 0.6) is 0 Å². The monoisotopic (exact) mass is 332 g/mol. The summed E-state index contributed by atoms with van der Waals surface area (Å²) < 4.78 is 17.5. The largest absolute Gasteiger partial charge is 0.390 e. The first-order valence-electron chi connectivity index (χ1n) is 8.30. The van der Waals surface area contributed by atoms with Gasteiger partial charge in [0, 0.05) is 12.5 Å². The van der Waals surface area contributed by atoms with Gasteiger partial charge in [-0.1, -0.05) is 6.92 Å². The summed E-state index contributed by atoms with van der Waals surface area (Å²) in [6.45, 7) is 3.59. The molecular weight excluding hydrogens is 304 g/mol. The van der Waals surface area contributed by atoms with Crippen molar-refractivity contribution < 1.29 is 29.5 Å². The van der Waals surface area contributed by atoms with Crippen LogP contribution in [0.25, 0.3) is 0 Å². The Morgan fingerprint density at radius 3 is 2.61 bits per heavy atom. The number of aliphatic hydroxyl groups excluding tert-OH is 1. The van der Waals surface area contributed by atoms with Crippen LogP contribution in [0.15, 0.2) is 0 Å². The minimum absolute atomic E-state index is 0.230. The van der Waals surface area contributed by atoms with Crippen molar-refractivity contribution in [3.8, 4) is 0 Å². The van der Waals surface area contributed by atoms with Gasteiger partial charge in [0.15, 0.2) is 0 Å². The maximum Gasteiger partial charge on any atom is 0.248 e. The van der Waals surface area contributed by atoms with Crippen LogP contribution in [-0.4, -0.2) is 76.5 Å². The molecule has 3 aliphatic rings. The molecule has 3 unspecified atom stereocenters. The summed E-state index contributed by atoms with van der Waals surface area (Å²) in [6.07, 6.45) is -2.34. The van der Waals surface area contributed by atoms with E-state index in [-0.39, 0.29) is 25.0 Å². The van der Waals surface area contributed by atoms with E-state index < -0.39 is 42.0 Å². The van der Waals surface area contributed by atoms with Crippen LogP contribution in [0, 0.1) is 0 Å². The highest BCUT2D eigenvalue weighted by Crippen LogP contribution is 2.47. The number of fused-ring (bicyclic) bond motifs is 2. The molecule has 2 aliphatic heterocycles. The zero-order valence-corrected chi connectivity index (χ0v) is 13.8. The predicted octanol–water partition coefficient (Wildman–Crippen LogP) is -1.59. The molecule has 2 heterocycles. The van der Waals surface area contributed by atoms with E-state index in [0.717, 1.165) is 0 Å². The topological polar surface area (TPSA) is 126 Å². The Kier molecular flexibility index (Phi) is 4.48. The van der Waals surface area contributed by atoms with Crippen molar-refractivity contribution in [1.82, 2.24) is 5.32 Å². The fourth-order valence-corrected chi connectivity index (χ4v) is 4.06. The molecule has 0 aromatic heterocycles. The Morgan fingerprint density at radius 1 is 1.30 bits per heavy atom. The second kappa shape index (κ2) is 5.89. The van der Waals surface area contributed by atoms with E-state index in [2.05, 4.69) is 5.32 Å². The molecule has 0 amide bonds. The van der Waals surface area contributed by atoms with Gasteiger partial charge in [0.1, 0.15) is 11.7 Å². The highest BCUT2D eigenvalue weighted by Gasteiger charge is 2.66. The Hall–Kier alpha value is -0.320. The maximum absolute atomic E-state index is 11.0. The van der Waals surface area contributed by atoms with Crippen LogP contribution in [-0.2, 0) is 14.2 Å². The number of rotatable bonds is 2. The average molecular weight is 332 g/mol. The summed E-state index contributed by atoms with van der Waals surface area (Å²) in [6, 6.07) is -0.969. The van der Waals surface area contributed by atoms with E-state index in [1.54, 1.807) is 14.0 Å². The second-order valence-electron chi connectivity index (χ2n) is 7.02. The normalized spacial score (nSPS) is 56.7. The lowest BCUT2D eigenvalue weighted by atomic mass is 9.78. The summed E-state index contributed by atoms with van der Waals surface area (Å²) in [5.74, 6) is -2.00. The van der Waals surface area contributed by atoms with Crippen molar-refractivity contribution in [3.63, 3.8) is 0 Å². The predicted molar refractivity (Wildman–Crippen MR) is 80.3 cm³/mol. The molecule has 0 spiro atoms.